The van der Waals surface area contributed by atoms with Crippen LogP contribution in [0.15, 0.2) is 0 Å². The molecule has 1 unspecified atom stereocenters. The second-order valence-electron chi connectivity index (χ2n) is 2.58. The lowest BCUT2D eigenvalue weighted by molar-refractivity contribution is 0.398. The molecular weight excluding hydrogens is 198 g/mol. The van der Waals surface area contributed by atoms with Gasteiger partial charge in [0.05, 0.1) is 4.99 Å². The minimum Gasteiger partial charge on any atom is -0.393 e. The van der Waals surface area contributed by atoms with Crippen molar-refractivity contribution in [3.05, 3.63) is 0 Å². The molecule has 0 bridgehead atoms. The molecule has 0 rings (SSSR count). The van der Waals surface area contributed by atoms with E-state index in [9.17, 15) is 8.42 Å². The largest absolute Gasteiger partial charge is 0.393 e. The van der Waals surface area contributed by atoms with E-state index in [1.807, 2.05) is 0 Å². The first-order valence-electron chi connectivity index (χ1n) is 3.29. The van der Waals surface area contributed by atoms with Gasteiger partial charge in [-0.3, -0.25) is 0 Å². The van der Waals surface area contributed by atoms with Gasteiger partial charge >= 0.3 is 0 Å². The van der Waals surface area contributed by atoms with E-state index in [2.05, 4.69) is 12.2 Å². The number of nitrogens with zero attached hydrogens (tertiary/aromatic N) is 1. The van der Waals surface area contributed by atoms with E-state index >= 15 is 0 Å². The SMILES string of the molecule is CC(CC(N)=S)N(C)S(N)(=O)=O. The van der Waals surface area contributed by atoms with Crippen LogP contribution >= 0.6 is 12.2 Å². The number of nitrogens with two attached hydrogens (primary N) is 2. The molecule has 0 spiro atoms. The standard InChI is InChI=1S/C5H13N3O2S2/c1-4(3-5(6)11)8(2)12(7,9)10/h4H,3H2,1-2H3,(H2,6,11)(H2,7,9,10). The summed E-state index contributed by atoms with van der Waals surface area (Å²) in [4.78, 5) is 0.276. The Morgan fingerprint density at radius 2 is 2.08 bits per heavy atom. The first-order chi connectivity index (χ1) is 5.25. The van der Waals surface area contributed by atoms with Gasteiger partial charge < -0.3 is 5.73 Å². The summed E-state index contributed by atoms with van der Waals surface area (Å²) in [6, 6.07) is -0.294. The molecule has 0 heterocycles. The average molecular weight is 211 g/mol. The molecule has 0 aliphatic carbocycles. The van der Waals surface area contributed by atoms with E-state index in [1.165, 1.54) is 7.05 Å². The van der Waals surface area contributed by atoms with Crippen molar-refractivity contribution in [1.29, 1.82) is 0 Å². The Morgan fingerprint density at radius 1 is 1.67 bits per heavy atom. The molecule has 5 nitrogen and oxygen atoms in total. The quantitative estimate of drug-likeness (QED) is 0.595. The summed E-state index contributed by atoms with van der Waals surface area (Å²) in [6.07, 6.45) is 0.336. The topological polar surface area (TPSA) is 89.4 Å². The number of thiocarbonyl (C=S) groups is 1. The molecule has 0 saturated carbocycles. The van der Waals surface area contributed by atoms with Crippen LogP contribution in [0.5, 0.6) is 0 Å². The van der Waals surface area contributed by atoms with Crippen molar-refractivity contribution < 1.29 is 8.42 Å². The molecular formula is C5H13N3O2S2. The molecule has 0 aliphatic rings. The first-order valence-corrected chi connectivity index (χ1v) is 5.20. The summed E-state index contributed by atoms with van der Waals surface area (Å²) in [7, 11) is -2.24. The maximum absolute atomic E-state index is 10.8. The van der Waals surface area contributed by atoms with Crippen molar-refractivity contribution >= 4 is 27.4 Å². The van der Waals surface area contributed by atoms with Gasteiger partial charge in [-0.1, -0.05) is 12.2 Å². The van der Waals surface area contributed by atoms with Gasteiger partial charge in [0.1, 0.15) is 0 Å². The molecule has 12 heavy (non-hydrogen) atoms. The average Bonchev–Trinajstić information content (AvgIpc) is 1.82. The highest BCUT2D eigenvalue weighted by Gasteiger charge is 2.18. The van der Waals surface area contributed by atoms with E-state index in [-0.39, 0.29) is 11.0 Å². The zero-order valence-corrected chi connectivity index (χ0v) is 8.65. The Kier molecular flexibility index (Phi) is 4.04. The van der Waals surface area contributed by atoms with Crippen LogP contribution in [0.1, 0.15) is 13.3 Å². The normalized spacial score (nSPS) is 14.7. The molecule has 0 aromatic heterocycles. The highest BCUT2D eigenvalue weighted by molar-refractivity contribution is 7.86. The Morgan fingerprint density at radius 3 is 2.33 bits per heavy atom. The fourth-order valence-corrected chi connectivity index (χ4v) is 1.49. The molecule has 4 N–H and O–H groups in total. The van der Waals surface area contributed by atoms with E-state index < -0.39 is 10.2 Å². The molecule has 72 valence electrons. The zero-order chi connectivity index (χ0) is 9.94. The fraction of sp³-hybridized carbons (Fsp3) is 0.800. The Labute approximate surface area is 77.9 Å². The van der Waals surface area contributed by atoms with Crippen LogP contribution in [0, 0.1) is 0 Å². The van der Waals surface area contributed by atoms with Crippen molar-refractivity contribution in [2.24, 2.45) is 10.9 Å². The third-order valence-corrected chi connectivity index (χ3v) is 2.85. The summed E-state index contributed by atoms with van der Waals surface area (Å²) in [5, 5.41) is 4.87. The summed E-state index contributed by atoms with van der Waals surface area (Å²) in [5.41, 5.74) is 5.24. The molecule has 0 aromatic carbocycles. The third-order valence-electron chi connectivity index (χ3n) is 1.52. The lowest BCUT2D eigenvalue weighted by atomic mass is 10.2. The molecule has 0 radical (unpaired) electrons. The lowest BCUT2D eigenvalue weighted by Gasteiger charge is -2.20. The highest BCUT2D eigenvalue weighted by atomic mass is 32.2. The van der Waals surface area contributed by atoms with Crippen LogP contribution in [0.3, 0.4) is 0 Å². The van der Waals surface area contributed by atoms with Gasteiger partial charge in [0, 0.05) is 19.5 Å². The monoisotopic (exact) mass is 211 g/mol. The summed E-state index contributed by atoms with van der Waals surface area (Å²) >= 11 is 4.63. The molecule has 0 aliphatic heterocycles. The summed E-state index contributed by atoms with van der Waals surface area (Å²) < 4.78 is 22.6. The van der Waals surface area contributed by atoms with Crippen LogP contribution in [0.2, 0.25) is 0 Å². The lowest BCUT2D eigenvalue weighted by Crippen LogP contribution is -2.41. The number of rotatable bonds is 4. The fourth-order valence-electron chi connectivity index (χ4n) is 0.671. The van der Waals surface area contributed by atoms with Crippen LogP contribution in [-0.4, -0.2) is 30.8 Å². The van der Waals surface area contributed by atoms with Crippen LogP contribution in [0.4, 0.5) is 0 Å². The molecule has 0 saturated heterocycles. The Hall–Kier alpha value is -0.240. The molecule has 7 heteroatoms. The summed E-state index contributed by atoms with van der Waals surface area (Å²) in [6.45, 7) is 1.68. The van der Waals surface area contributed by atoms with E-state index in [0.29, 0.717) is 6.42 Å². The predicted molar refractivity (Wildman–Crippen MR) is 51.7 cm³/mol. The third kappa shape index (κ3) is 3.96. The molecule has 0 fully saturated rings. The molecule has 0 amide bonds. The second-order valence-corrected chi connectivity index (χ2v) is 4.71. The van der Waals surface area contributed by atoms with Gasteiger partial charge in [0.25, 0.3) is 10.2 Å². The van der Waals surface area contributed by atoms with Gasteiger partial charge in [-0.05, 0) is 6.92 Å². The van der Waals surface area contributed by atoms with Crippen molar-refractivity contribution in [1.82, 2.24) is 4.31 Å². The van der Waals surface area contributed by atoms with E-state index in [0.717, 1.165) is 4.31 Å². The van der Waals surface area contributed by atoms with Gasteiger partial charge in [-0.25, -0.2) is 5.14 Å². The van der Waals surface area contributed by atoms with Gasteiger partial charge in [-0.2, -0.15) is 12.7 Å². The van der Waals surface area contributed by atoms with E-state index in [4.69, 9.17) is 10.9 Å². The van der Waals surface area contributed by atoms with Gasteiger partial charge in [-0.15, -0.1) is 0 Å². The molecule has 1 atom stereocenters. The minimum absolute atomic E-state index is 0.276. The van der Waals surface area contributed by atoms with Gasteiger partial charge in [0.15, 0.2) is 0 Å². The number of hydrogen-bond donors (Lipinski definition) is 2. The zero-order valence-electron chi connectivity index (χ0n) is 7.02. The van der Waals surface area contributed by atoms with Gasteiger partial charge in [0.2, 0.25) is 0 Å². The molecule has 0 aromatic rings. The van der Waals surface area contributed by atoms with Crippen molar-refractivity contribution in [3.8, 4) is 0 Å². The van der Waals surface area contributed by atoms with Crippen molar-refractivity contribution in [2.45, 2.75) is 19.4 Å². The maximum Gasteiger partial charge on any atom is 0.276 e. The Bertz CT molecular complexity index is 262. The van der Waals surface area contributed by atoms with Crippen LogP contribution in [-0.2, 0) is 10.2 Å². The van der Waals surface area contributed by atoms with Crippen molar-refractivity contribution in [2.75, 3.05) is 7.05 Å². The predicted octanol–water partition coefficient (Wildman–Crippen LogP) is -0.814. The smallest absolute Gasteiger partial charge is 0.276 e. The van der Waals surface area contributed by atoms with Crippen LogP contribution in [0.25, 0.3) is 0 Å². The first kappa shape index (κ1) is 11.8. The van der Waals surface area contributed by atoms with Crippen LogP contribution < -0.4 is 10.9 Å². The van der Waals surface area contributed by atoms with E-state index in [1.54, 1.807) is 6.92 Å². The second kappa shape index (κ2) is 4.13. The maximum atomic E-state index is 10.8. The highest BCUT2D eigenvalue weighted by Crippen LogP contribution is 2.03. The number of hydrogen-bond acceptors (Lipinski definition) is 3. The Balaban J connectivity index is 4.30. The minimum atomic E-state index is -3.63. The van der Waals surface area contributed by atoms with Crippen molar-refractivity contribution in [3.63, 3.8) is 0 Å². The summed E-state index contributed by atoms with van der Waals surface area (Å²) in [5.74, 6) is 0.